The Morgan fingerprint density at radius 2 is 2.00 bits per heavy atom. The van der Waals surface area contributed by atoms with Crippen molar-refractivity contribution in [3.8, 4) is 0 Å². The molecule has 1 aromatic carbocycles. The summed E-state index contributed by atoms with van der Waals surface area (Å²) in [6, 6.07) is 6.60. The van der Waals surface area contributed by atoms with Crippen molar-refractivity contribution in [2.24, 2.45) is 5.73 Å². The Hall–Kier alpha value is -0.720. The van der Waals surface area contributed by atoms with Crippen molar-refractivity contribution in [1.82, 2.24) is 0 Å². The van der Waals surface area contributed by atoms with Gasteiger partial charge < -0.3 is 5.73 Å². The van der Waals surface area contributed by atoms with Gasteiger partial charge in [0.05, 0.1) is 10.6 Å². The van der Waals surface area contributed by atoms with Crippen LogP contribution in [0.4, 0.5) is 0 Å². The maximum Gasteiger partial charge on any atom is 0.179 e. The fourth-order valence-corrected chi connectivity index (χ4v) is 4.65. The minimum Gasteiger partial charge on any atom is -0.326 e. The number of hydrogen-bond donors (Lipinski definition) is 1. The van der Waals surface area contributed by atoms with Crippen LogP contribution < -0.4 is 5.73 Å². The molecule has 1 atom stereocenters. The van der Waals surface area contributed by atoms with Crippen LogP contribution in [-0.4, -0.2) is 29.9 Å². The molecule has 0 aliphatic carbocycles. The van der Waals surface area contributed by atoms with E-state index in [9.17, 15) is 12.6 Å². The van der Waals surface area contributed by atoms with Crippen molar-refractivity contribution in [2.75, 3.05) is 17.3 Å². The summed E-state index contributed by atoms with van der Waals surface area (Å²) in [4.78, 5) is 0.263. The molecule has 1 unspecified atom stereocenters. The predicted molar refractivity (Wildman–Crippen MR) is 74.6 cm³/mol. The van der Waals surface area contributed by atoms with Gasteiger partial charge in [-0.1, -0.05) is 19.1 Å². The summed E-state index contributed by atoms with van der Waals surface area (Å²) < 4.78 is 35.5. The molecular formula is C12H19NO3S2. The Labute approximate surface area is 111 Å². The van der Waals surface area contributed by atoms with Crippen LogP contribution in [0, 0.1) is 0 Å². The molecule has 2 N–H and O–H groups in total. The van der Waals surface area contributed by atoms with Crippen molar-refractivity contribution < 1.29 is 12.6 Å². The number of sulfone groups is 1. The Bertz CT molecular complexity index is 512. The van der Waals surface area contributed by atoms with Crippen molar-refractivity contribution >= 4 is 20.6 Å². The third-order valence-corrected chi connectivity index (χ3v) is 6.00. The van der Waals surface area contributed by atoms with Crippen molar-refractivity contribution in [1.29, 1.82) is 0 Å². The van der Waals surface area contributed by atoms with Gasteiger partial charge in [0.25, 0.3) is 0 Å². The maximum atomic E-state index is 12.0. The van der Waals surface area contributed by atoms with E-state index in [0.717, 1.165) is 12.0 Å². The minimum absolute atomic E-state index is 0.0758. The second kappa shape index (κ2) is 7.01. The number of hydrogen-bond acceptors (Lipinski definition) is 4. The zero-order valence-corrected chi connectivity index (χ0v) is 12.1. The molecule has 0 heterocycles. The van der Waals surface area contributed by atoms with Gasteiger partial charge in [-0.15, -0.1) is 0 Å². The Morgan fingerprint density at radius 3 is 2.61 bits per heavy atom. The van der Waals surface area contributed by atoms with Gasteiger partial charge in [-0.3, -0.25) is 4.21 Å². The monoisotopic (exact) mass is 289 g/mol. The van der Waals surface area contributed by atoms with Crippen LogP contribution in [0.1, 0.15) is 18.9 Å². The molecule has 4 nitrogen and oxygen atoms in total. The van der Waals surface area contributed by atoms with Crippen LogP contribution in [-0.2, 0) is 27.2 Å². The zero-order valence-electron chi connectivity index (χ0n) is 10.5. The Morgan fingerprint density at radius 1 is 1.28 bits per heavy atom. The molecule has 0 saturated heterocycles. The van der Waals surface area contributed by atoms with E-state index in [1.165, 1.54) is 0 Å². The van der Waals surface area contributed by atoms with Gasteiger partial charge in [0.1, 0.15) is 0 Å². The predicted octanol–water partition coefficient (Wildman–Crippen LogP) is 1.08. The van der Waals surface area contributed by atoms with E-state index in [4.69, 9.17) is 5.73 Å². The summed E-state index contributed by atoms with van der Waals surface area (Å²) in [7, 11) is -4.41. The van der Waals surface area contributed by atoms with Crippen molar-refractivity contribution in [3.05, 3.63) is 29.8 Å². The molecule has 0 amide bonds. The molecule has 18 heavy (non-hydrogen) atoms. The summed E-state index contributed by atoms with van der Waals surface area (Å²) in [5.41, 5.74) is 6.26. The van der Waals surface area contributed by atoms with Gasteiger partial charge >= 0.3 is 0 Å². The Kier molecular flexibility index (Phi) is 5.98. The van der Waals surface area contributed by atoms with Gasteiger partial charge in [0.15, 0.2) is 9.84 Å². The van der Waals surface area contributed by atoms with Gasteiger partial charge in [0, 0.05) is 28.9 Å². The topological polar surface area (TPSA) is 77.2 Å². The standard InChI is InChI=1S/C12H19NO3S2/c1-2-6-17(14)7-8-18(15,16)12-5-3-4-11(9-12)10-13/h3-5,9H,2,6-8,10,13H2,1H3. The first-order chi connectivity index (χ1) is 8.49. The molecule has 0 aliphatic rings. The number of nitrogens with two attached hydrogens (primary N) is 1. The summed E-state index contributed by atoms with van der Waals surface area (Å²) in [5.74, 6) is 0.676. The minimum atomic E-state index is -3.35. The summed E-state index contributed by atoms with van der Waals surface area (Å²) in [6.07, 6.45) is 0.801. The lowest BCUT2D eigenvalue weighted by Gasteiger charge is -2.06. The highest BCUT2D eigenvalue weighted by Crippen LogP contribution is 2.13. The molecule has 0 bridgehead atoms. The quantitative estimate of drug-likeness (QED) is 0.815. The molecule has 0 aliphatic heterocycles. The summed E-state index contributed by atoms with van der Waals surface area (Å²) in [6.45, 7) is 2.24. The van der Waals surface area contributed by atoms with Gasteiger partial charge in [-0.05, 0) is 24.1 Å². The van der Waals surface area contributed by atoms with E-state index >= 15 is 0 Å². The third-order valence-electron chi connectivity index (χ3n) is 2.50. The molecule has 1 rings (SSSR count). The first kappa shape index (κ1) is 15.3. The van der Waals surface area contributed by atoms with E-state index < -0.39 is 20.6 Å². The van der Waals surface area contributed by atoms with E-state index in [0.29, 0.717) is 12.3 Å². The van der Waals surface area contributed by atoms with Gasteiger partial charge in [-0.2, -0.15) is 0 Å². The molecule has 6 heteroatoms. The average Bonchev–Trinajstić information content (AvgIpc) is 2.37. The average molecular weight is 289 g/mol. The summed E-state index contributed by atoms with van der Waals surface area (Å²) in [5, 5.41) is 0. The number of rotatable bonds is 7. The SMILES string of the molecule is CCCS(=O)CCS(=O)(=O)c1cccc(CN)c1. The first-order valence-electron chi connectivity index (χ1n) is 5.86. The smallest absolute Gasteiger partial charge is 0.179 e. The molecule has 1 aromatic rings. The lowest BCUT2D eigenvalue weighted by atomic mass is 10.2. The molecule has 0 spiro atoms. The van der Waals surface area contributed by atoms with Crippen LogP contribution in [0.25, 0.3) is 0 Å². The van der Waals surface area contributed by atoms with Crippen LogP contribution in [0.2, 0.25) is 0 Å². The third kappa shape index (κ3) is 4.51. The van der Waals surface area contributed by atoms with Crippen LogP contribution >= 0.6 is 0 Å². The van der Waals surface area contributed by atoms with Crippen LogP contribution in [0.3, 0.4) is 0 Å². The fourth-order valence-electron chi connectivity index (χ4n) is 1.52. The normalized spacial score (nSPS) is 13.4. The molecule has 0 radical (unpaired) electrons. The second-order valence-electron chi connectivity index (χ2n) is 4.02. The molecule has 0 aromatic heterocycles. The van der Waals surface area contributed by atoms with Crippen LogP contribution in [0.15, 0.2) is 29.2 Å². The van der Waals surface area contributed by atoms with E-state index in [-0.39, 0.29) is 16.4 Å². The highest BCUT2D eigenvalue weighted by atomic mass is 32.2. The second-order valence-corrected chi connectivity index (χ2v) is 7.82. The largest absolute Gasteiger partial charge is 0.326 e. The lowest BCUT2D eigenvalue weighted by molar-refractivity contribution is 0.597. The zero-order chi connectivity index (χ0) is 13.6. The van der Waals surface area contributed by atoms with E-state index in [1.807, 2.05) is 6.92 Å². The lowest BCUT2D eigenvalue weighted by Crippen LogP contribution is -2.15. The van der Waals surface area contributed by atoms with Crippen molar-refractivity contribution in [2.45, 2.75) is 24.8 Å². The first-order valence-corrected chi connectivity index (χ1v) is 9.00. The van der Waals surface area contributed by atoms with Crippen LogP contribution in [0.5, 0.6) is 0 Å². The van der Waals surface area contributed by atoms with Gasteiger partial charge in [0.2, 0.25) is 0 Å². The molecule has 0 fully saturated rings. The highest BCUT2D eigenvalue weighted by molar-refractivity contribution is 7.93. The highest BCUT2D eigenvalue weighted by Gasteiger charge is 2.15. The fraction of sp³-hybridized carbons (Fsp3) is 0.500. The van der Waals surface area contributed by atoms with E-state index in [2.05, 4.69) is 0 Å². The Balaban J connectivity index is 2.76. The van der Waals surface area contributed by atoms with E-state index in [1.54, 1.807) is 24.3 Å². The van der Waals surface area contributed by atoms with Crippen molar-refractivity contribution in [3.63, 3.8) is 0 Å². The maximum absolute atomic E-state index is 12.0. The molecular weight excluding hydrogens is 270 g/mol. The van der Waals surface area contributed by atoms with Gasteiger partial charge in [-0.25, -0.2) is 8.42 Å². The number of benzene rings is 1. The summed E-state index contributed by atoms with van der Waals surface area (Å²) >= 11 is 0. The molecule has 102 valence electrons. The molecule has 0 saturated carbocycles.